The molecule has 0 spiro atoms. The average molecular weight is 274 g/mol. The Kier molecular flexibility index (Phi) is 13.3. The predicted octanol–water partition coefficient (Wildman–Crippen LogP) is 1.18. The van der Waals surface area contributed by atoms with Gasteiger partial charge in [0, 0.05) is 13.1 Å². The van der Waals surface area contributed by atoms with Gasteiger partial charge in [0.05, 0.1) is 19.8 Å². The lowest BCUT2D eigenvalue weighted by Gasteiger charge is -2.07. The first-order chi connectivity index (χ1) is 9.16. The van der Waals surface area contributed by atoms with Crippen LogP contribution in [0.1, 0.15) is 33.1 Å². The van der Waals surface area contributed by atoms with E-state index in [0.717, 1.165) is 31.8 Å². The molecule has 0 aromatic heterocycles. The third kappa shape index (κ3) is 15.3. The van der Waals surface area contributed by atoms with Crippen LogP contribution in [-0.2, 0) is 14.3 Å². The summed E-state index contributed by atoms with van der Waals surface area (Å²) in [7, 11) is 1.88. The molecule has 0 unspecified atom stereocenters. The van der Waals surface area contributed by atoms with Crippen molar-refractivity contribution >= 4 is 5.91 Å². The molecule has 1 amide bonds. The SMILES string of the molecule is CNCCOCCOCC(=O)NCCCCC(C)C. The number of unbranched alkanes of at least 4 members (excludes halogenated alkanes) is 1. The number of rotatable bonds is 13. The predicted molar refractivity (Wildman–Crippen MR) is 77.3 cm³/mol. The van der Waals surface area contributed by atoms with Gasteiger partial charge in [-0.25, -0.2) is 0 Å². The summed E-state index contributed by atoms with van der Waals surface area (Å²) in [4.78, 5) is 11.4. The number of carbonyl (C=O) groups excluding carboxylic acids is 1. The van der Waals surface area contributed by atoms with Crippen molar-refractivity contribution in [2.75, 3.05) is 46.6 Å². The summed E-state index contributed by atoms with van der Waals surface area (Å²) in [5.41, 5.74) is 0. The Morgan fingerprint density at radius 2 is 1.79 bits per heavy atom. The molecular weight excluding hydrogens is 244 g/mol. The van der Waals surface area contributed by atoms with Crippen LogP contribution in [-0.4, -0.2) is 52.5 Å². The van der Waals surface area contributed by atoms with E-state index in [1.54, 1.807) is 0 Å². The number of carbonyl (C=O) groups is 1. The van der Waals surface area contributed by atoms with Crippen molar-refractivity contribution in [3.63, 3.8) is 0 Å². The van der Waals surface area contributed by atoms with Crippen LogP contribution < -0.4 is 10.6 Å². The van der Waals surface area contributed by atoms with Gasteiger partial charge in [-0.05, 0) is 19.4 Å². The summed E-state index contributed by atoms with van der Waals surface area (Å²) >= 11 is 0. The zero-order valence-corrected chi connectivity index (χ0v) is 12.7. The Morgan fingerprint density at radius 1 is 1.05 bits per heavy atom. The molecule has 5 heteroatoms. The van der Waals surface area contributed by atoms with Crippen molar-refractivity contribution in [1.82, 2.24) is 10.6 Å². The Morgan fingerprint density at radius 3 is 2.47 bits per heavy atom. The largest absolute Gasteiger partial charge is 0.378 e. The van der Waals surface area contributed by atoms with E-state index in [9.17, 15) is 4.79 Å². The standard InChI is InChI=1S/C14H30N2O3/c1-13(2)6-4-5-7-16-14(17)12-19-11-10-18-9-8-15-3/h13,15H,4-12H2,1-3H3,(H,16,17). The molecule has 0 aliphatic heterocycles. The van der Waals surface area contributed by atoms with E-state index in [-0.39, 0.29) is 12.5 Å². The summed E-state index contributed by atoms with van der Waals surface area (Å²) in [6, 6.07) is 0. The zero-order valence-electron chi connectivity index (χ0n) is 12.7. The summed E-state index contributed by atoms with van der Waals surface area (Å²) in [6.45, 7) is 7.79. The molecule has 2 N–H and O–H groups in total. The lowest BCUT2D eigenvalue weighted by atomic mass is 10.1. The minimum absolute atomic E-state index is 0.0419. The maximum atomic E-state index is 11.4. The van der Waals surface area contributed by atoms with E-state index in [0.29, 0.717) is 19.8 Å². The number of ether oxygens (including phenoxy) is 2. The highest BCUT2D eigenvalue weighted by molar-refractivity contribution is 5.77. The summed E-state index contributed by atoms with van der Waals surface area (Å²) < 4.78 is 10.5. The first kappa shape index (κ1) is 18.4. The van der Waals surface area contributed by atoms with E-state index < -0.39 is 0 Å². The highest BCUT2D eigenvalue weighted by Gasteiger charge is 2.00. The van der Waals surface area contributed by atoms with Gasteiger partial charge in [0.25, 0.3) is 0 Å². The van der Waals surface area contributed by atoms with E-state index >= 15 is 0 Å². The van der Waals surface area contributed by atoms with Gasteiger partial charge in [0.2, 0.25) is 5.91 Å². The molecule has 5 nitrogen and oxygen atoms in total. The number of amides is 1. The van der Waals surface area contributed by atoms with Gasteiger partial charge in [-0.15, -0.1) is 0 Å². The first-order valence-corrected chi connectivity index (χ1v) is 7.23. The second kappa shape index (κ2) is 13.8. The lowest BCUT2D eigenvalue weighted by molar-refractivity contribution is -0.126. The second-order valence-electron chi connectivity index (χ2n) is 5.01. The summed E-state index contributed by atoms with van der Waals surface area (Å²) in [5, 5.41) is 5.84. The molecule has 19 heavy (non-hydrogen) atoms. The van der Waals surface area contributed by atoms with E-state index in [2.05, 4.69) is 24.5 Å². The van der Waals surface area contributed by atoms with Crippen LogP contribution in [0, 0.1) is 5.92 Å². The van der Waals surface area contributed by atoms with Gasteiger partial charge in [-0.3, -0.25) is 4.79 Å². The van der Waals surface area contributed by atoms with Crippen LogP contribution in [0.15, 0.2) is 0 Å². The smallest absolute Gasteiger partial charge is 0.245 e. The maximum Gasteiger partial charge on any atom is 0.245 e. The fraction of sp³-hybridized carbons (Fsp3) is 0.929. The molecule has 0 atom stereocenters. The Balaban J connectivity index is 3.17. The highest BCUT2D eigenvalue weighted by atomic mass is 16.5. The van der Waals surface area contributed by atoms with E-state index in [1.807, 2.05) is 7.05 Å². The summed E-state index contributed by atoms with van der Waals surface area (Å²) in [6.07, 6.45) is 3.42. The molecular formula is C14H30N2O3. The fourth-order valence-electron chi connectivity index (χ4n) is 1.52. The van der Waals surface area contributed by atoms with Crippen LogP contribution in [0.25, 0.3) is 0 Å². The molecule has 0 saturated heterocycles. The van der Waals surface area contributed by atoms with Gasteiger partial charge in [0.15, 0.2) is 0 Å². The molecule has 0 aromatic carbocycles. The summed E-state index contributed by atoms with van der Waals surface area (Å²) in [5.74, 6) is 0.696. The molecule has 0 aliphatic rings. The quantitative estimate of drug-likeness (QED) is 0.495. The Hall–Kier alpha value is -0.650. The molecule has 114 valence electrons. The number of nitrogens with one attached hydrogen (secondary N) is 2. The molecule has 0 heterocycles. The third-order valence-electron chi connectivity index (χ3n) is 2.63. The molecule has 0 aromatic rings. The molecule has 0 radical (unpaired) electrons. The van der Waals surface area contributed by atoms with Crippen molar-refractivity contribution in [1.29, 1.82) is 0 Å². The van der Waals surface area contributed by atoms with Crippen LogP contribution in [0.2, 0.25) is 0 Å². The normalized spacial score (nSPS) is 10.9. The third-order valence-corrected chi connectivity index (χ3v) is 2.63. The van der Waals surface area contributed by atoms with Gasteiger partial charge in [-0.1, -0.05) is 26.7 Å². The minimum Gasteiger partial charge on any atom is -0.378 e. The van der Waals surface area contributed by atoms with Gasteiger partial charge in [0.1, 0.15) is 6.61 Å². The van der Waals surface area contributed by atoms with Crippen LogP contribution in [0.4, 0.5) is 0 Å². The maximum absolute atomic E-state index is 11.4. The Labute approximate surface area is 117 Å². The highest BCUT2D eigenvalue weighted by Crippen LogP contribution is 2.04. The van der Waals surface area contributed by atoms with E-state index in [4.69, 9.17) is 9.47 Å². The lowest BCUT2D eigenvalue weighted by Crippen LogP contribution is -2.29. The van der Waals surface area contributed by atoms with Crippen LogP contribution in [0.5, 0.6) is 0 Å². The van der Waals surface area contributed by atoms with Gasteiger partial charge >= 0.3 is 0 Å². The Bertz CT molecular complexity index is 211. The second-order valence-corrected chi connectivity index (χ2v) is 5.01. The molecule has 0 rings (SSSR count). The van der Waals surface area contributed by atoms with Crippen LogP contribution in [0.3, 0.4) is 0 Å². The average Bonchev–Trinajstić information content (AvgIpc) is 2.37. The zero-order chi connectivity index (χ0) is 14.3. The first-order valence-electron chi connectivity index (χ1n) is 7.23. The van der Waals surface area contributed by atoms with Crippen molar-refractivity contribution in [3.05, 3.63) is 0 Å². The number of likely N-dealkylation sites (N-methyl/N-ethyl adjacent to an activating group) is 1. The van der Waals surface area contributed by atoms with Crippen molar-refractivity contribution < 1.29 is 14.3 Å². The van der Waals surface area contributed by atoms with Crippen molar-refractivity contribution in [3.8, 4) is 0 Å². The molecule has 0 aliphatic carbocycles. The van der Waals surface area contributed by atoms with Crippen LogP contribution >= 0.6 is 0 Å². The fourth-order valence-corrected chi connectivity index (χ4v) is 1.52. The van der Waals surface area contributed by atoms with Gasteiger partial charge in [-0.2, -0.15) is 0 Å². The van der Waals surface area contributed by atoms with Crippen molar-refractivity contribution in [2.24, 2.45) is 5.92 Å². The molecule has 0 bridgehead atoms. The number of hydrogen-bond donors (Lipinski definition) is 2. The molecule has 0 saturated carbocycles. The minimum atomic E-state index is -0.0419. The van der Waals surface area contributed by atoms with Crippen molar-refractivity contribution in [2.45, 2.75) is 33.1 Å². The number of hydrogen-bond acceptors (Lipinski definition) is 4. The van der Waals surface area contributed by atoms with E-state index in [1.165, 1.54) is 6.42 Å². The topological polar surface area (TPSA) is 59.6 Å². The van der Waals surface area contributed by atoms with Gasteiger partial charge < -0.3 is 20.1 Å². The molecule has 0 fully saturated rings. The monoisotopic (exact) mass is 274 g/mol.